The topological polar surface area (TPSA) is 63.0 Å². The summed E-state index contributed by atoms with van der Waals surface area (Å²) in [4.78, 5) is 0. The first-order valence-electron chi connectivity index (χ1n) is 34.9. The molecule has 3 nitrogen and oxygen atoms in total. The number of rotatable bonds is 24. The average molecular weight is 1350 g/mol. The van der Waals surface area contributed by atoms with Crippen molar-refractivity contribution < 1.29 is 92.1 Å². The summed E-state index contributed by atoms with van der Waals surface area (Å²) < 4.78 is 56.2. The van der Waals surface area contributed by atoms with Gasteiger partial charge in [0.15, 0.2) is 0 Å². The second kappa shape index (κ2) is 42.6. The van der Waals surface area contributed by atoms with Crippen LogP contribution >= 0.6 is 0 Å². The Kier molecular flexibility index (Phi) is 35.4. The van der Waals surface area contributed by atoms with Crippen molar-refractivity contribution in [2.24, 2.45) is 0 Å². The third-order valence-corrected chi connectivity index (χ3v) is 19.8. The fourth-order valence-corrected chi connectivity index (χ4v) is 15.0. The number of hydrogen-bond acceptors (Lipinski definition) is 0. The zero-order valence-electron chi connectivity index (χ0n) is 59.5. The Hall–Kier alpha value is -7.57. The van der Waals surface area contributed by atoms with Crippen LogP contribution in [0.4, 0.5) is 17.6 Å². The summed E-state index contributed by atoms with van der Waals surface area (Å²) in [6, 6.07) is 111. The third-order valence-electron chi connectivity index (χ3n) is 19.8. The molecule has 0 saturated heterocycles. The Morgan fingerprint density at radius 1 is 0.200 bits per heavy atom. The monoisotopic (exact) mass is 1350 g/mol. The zero-order valence-corrected chi connectivity index (χ0v) is 63.5. The van der Waals surface area contributed by atoms with E-state index >= 15 is 0 Å². The normalized spacial score (nSPS) is 11.0. The van der Waals surface area contributed by atoms with E-state index in [-0.39, 0.29) is 70.1 Å². The zero-order chi connectivity index (χ0) is 67.3. The Morgan fingerprint density at radius 2 is 0.320 bits per heavy atom. The van der Waals surface area contributed by atoms with Crippen LogP contribution in [0, 0.1) is 23.3 Å². The van der Waals surface area contributed by atoms with Crippen molar-refractivity contribution in [1.82, 2.24) is 0 Å². The largest absolute Gasteiger partial charge is 1.00 e. The predicted octanol–water partition coefficient (Wildman–Crippen LogP) is 7.11. The van der Waals surface area contributed by atoms with Gasteiger partial charge < -0.3 is 15.4 Å². The maximum atomic E-state index is 13.7. The summed E-state index contributed by atoms with van der Waals surface area (Å²) in [5.74, 6) is -1.57. The van der Waals surface area contributed by atoms with E-state index in [9.17, 15) is 17.6 Å². The standard InChI is InChI=1S/C24H16BF4.2C24H20B.C16H36N.2Na.2H2O/c26-21-9-1-17(2-10-21)25(18-3-11-22(27)12-4-18,19-5-13-23(28)14-6-19)20-7-15-24(29)16-8-20;2*1-5-13-21(14-6-1)25(22-15-7-2-8-16-22,23-17-9-3-10-18-23)24-19-11-4-12-20-24;1-5-9-13-17(14-10-6-2,15-11-7-3)16-12-8-4;;;;/h1-16H;2*1-20H;5-16H2,1-4H3;;;2*1H2/q3*-1;3*+1;;. The maximum Gasteiger partial charge on any atom is 1.00 e. The van der Waals surface area contributed by atoms with Crippen LogP contribution in [0.5, 0.6) is 0 Å². The number of unbranched alkanes of at least 4 members (excludes halogenated alkanes) is 4. The molecule has 0 spiro atoms. The van der Waals surface area contributed by atoms with Crippen LogP contribution in [-0.4, -0.2) is 60.1 Å². The van der Waals surface area contributed by atoms with E-state index in [0.29, 0.717) is 0 Å². The van der Waals surface area contributed by atoms with Crippen molar-refractivity contribution in [2.45, 2.75) is 79.1 Å². The summed E-state index contributed by atoms with van der Waals surface area (Å²) in [7, 11) is 0. The Morgan fingerprint density at radius 3 is 0.440 bits per heavy atom. The first-order valence-corrected chi connectivity index (χ1v) is 34.9. The number of quaternary nitrogens is 1. The first-order chi connectivity index (χ1) is 47.1. The molecule has 0 bridgehead atoms. The van der Waals surface area contributed by atoms with Crippen LogP contribution < -0.4 is 125 Å². The van der Waals surface area contributed by atoms with Crippen molar-refractivity contribution in [3.05, 3.63) is 363 Å². The SMILES string of the molecule is CCCC[N+](CCCC)(CCCC)CCCC.Fc1ccc([B-](c2ccc(F)cc2)(c2ccc(F)cc2)c2ccc(F)cc2)cc1.O.O.[Na+].[Na+].c1ccc([B-](c2ccccc2)(c2ccccc2)c2ccccc2)cc1.c1ccc([B-](c2ccccc2)(c2ccccc2)c2ccccc2)cc1. The van der Waals surface area contributed by atoms with Crippen LogP contribution in [0.2, 0.25) is 0 Å². The molecule has 0 radical (unpaired) electrons. The van der Waals surface area contributed by atoms with Crippen LogP contribution in [0.1, 0.15) is 79.1 Å². The van der Waals surface area contributed by atoms with Crippen LogP contribution in [0.3, 0.4) is 0 Å². The summed E-state index contributed by atoms with van der Waals surface area (Å²) in [6.45, 7) is 15.0. The third kappa shape index (κ3) is 20.4. The molecular formula is C88H96B3F4NNa2O2. The molecule has 504 valence electrons. The van der Waals surface area contributed by atoms with Gasteiger partial charge in [-0.1, -0.05) is 345 Å². The van der Waals surface area contributed by atoms with Gasteiger partial charge in [-0.05, 0) is 74.2 Å². The molecule has 0 aromatic heterocycles. The molecule has 12 heteroatoms. The molecule has 0 unspecified atom stereocenters. The van der Waals surface area contributed by atoms with Crippen molar-refractivity contribution in [2.75, 3.05) is 26.2 Å². The molecule has 0 amide bonds. The minimum atomic E-state index is -1.94. The Balaban J connectivity index is 0.000000241. The molecule has 0 aliphatic rings. The van der Waals surface area contributed by atoms with Crippen LogP contribution in [-0.2, 0) is 0 Å². The second-order valence-electron chi connectivity index (χ2n) is 25.7. The van der Waals surface area contributed by atoms with Gasteiger partial charge in [0.05, 0.1) is 26.2 Å². The van der Waals surface area contributed by atoms with Gasteiger partial charge in [-0.25, -0.2) is 17.6 Å². The van der Waals surface area contributed by atoms with E-state index in [0.717, 1.165) is 21.9 Å². The fourth-order valence-electron chi connectivity index (χ4n) is 15.0. The van der Waals surface area contributed by atoms with Crippen molar-refractivity contribution in [3.63, 3.8) is 0 Å². The summed E-state index contributed by atoms with van der Waals surface area (Å²) in [5, 5.41) is 0. The number of benzene rings is 12. The Bertz CT molecular complexity index is 3410. The van der Waals surface area contributed by atoms with E-state index < -0.39 is 41.7 Å². The first kappa shape index (κ1) is 83.1. The molecule has 0 heterocycles. The summed E-state index contributed by atoms with van der Waals surface area (Å²) in [5.41, 5.74) is 13.7. The van der Waals surface area contributed by atoms with E-state index in [4.69, 9.17) is 0 Å². The molecule has 0 saturated carbocycles. The molecule has 0 fully saturated rings. The minimum absolute atomic E-state index is 0. The van der Waals surface area contributed by atoms with Gasteiger partial charge >= 0.3 is 59.1 Å². The molecule has 0 aliphatic carbocycles. The van der Waals surface area contributed by atoms with Crippen LogP contribution in [0.15, 0.2) is 340 Å². The van der Waals surface area contributed by atoms with Crippen LogP contribution in [0.25, 0.3) is 0 Å². The van der Waals surface area contributed by atoms with Crippen molar-refractivity contribution >= 4 is 84.0 Å². The van der Waals surface area contributed by atoms with Gasteiger partial charge in [0.25, 0.3) is 0 Å². The molecule has 12 rings (SSSR count). The number of nitrogens with zero attached hydrogens (tertiary/aromatic N) is 1. The maximum absolute atomic E-state index is 13.7. The molecule has 0 atom stereocenters. The molecular weight excluding hydrogens is 1260 g/mol. The van der Waals surface area contributed by atoms with E-state index in [2.05, 4.69) is 270 Å². The molecule has 0 aliphatic heterocycles. The minimum Gasteiger partial charge on any atom is -0.412 e. The van der Waals surface area contributed by atoms with Crippen molar-refractivity contribution in [3.8, 4) is 0 Å². The summed E-state index contributed by atoms with van der Waals surface area (Å²) in [6.07, 6.45) is 6.69. The van der Waals surface area contributed by atoms with Gasteiger partial charge in [-0.15, -0.1) is 0 Å². The van der Waals surface area contributed by atoms with Gasteiger partial charge in [-0.3, -0.25) is 0 Å². The second-order valence-corrected chi connectivity index (χ2v) is 25.7. The molecule has 4 N–H and O–H groups in total. The summed E-state index contributed by atoms with van der Waals surface area (Å²) >= 11 is 0. The predicted molar refractivity (Wildman–Crippen MR) is 417 cm³/mol. The van der Waals surface area contributed by atoms with Gasteiger partial charge in [0.1, 0.15) is 41.7 Å². The average Bonchev–Trinajstić information content (AvgIpc) is 0.753. The van der Waals surface area contributed by atoms with Gasteiger partial charge in [0, 0.05) is 0 Å². The van der Waals surface area contributed by atoms with E-state index in [1.165, 1.54) is 174 Å². The van der Waals surface area contributed by atoms with Gasteiger partial charge in [-0.2, -0.15) is 65.6 Å². The van der Waals surface area contributed by atoms with E-state index in [1.54, 1.807) is 48.5 Å². The molecule has 100 heavy (non-hydrogen) atoms. The molecule has 12 aromatic carbocycles. The number of halogens is 4. The smallest absolute Gasteiger partial charge is 0.412 e. The van der Waals surface area contributed by atoms with Gasteiger partial charge in [0.2, 0.25) is 0 Å². The van der Waals surface area contributed by atoms with Crippen molar-refractivity contribution in [1.29, 1.82) is 0 Å². The quantitative estimate of drug-likeness (QED) is 0.0352. The fraction of sp³-hybridized carbons (Fsp3) is 0.182. The number of hydrogen-bond donors (Lipinski definition) is 0. The van der Waals surface area contributed by atoms with E-state index in [1.807, 2.05) is 0 Å². The molecule has 12 aromatic rings. The Labute approximate surface area is 638 Å².